The maximum Gasteiger partial charge on any atom is 0.166 e. The molecule has 4 N–H and O–H groups in total. The van der Waals surface area contributed by atoms with Gasteiger partial charge in [-0.2, -0.15) is 0 Å². The largest absolute Gasteiger partial charge is 1.00 e. The Balaban J connectivity index is 0. The lowest BCUT2D eigenvalue weighted by atomic mass is 10.3. The van der Waals surface area contributed by atoms with E-state index in [-0.39, 0.29) is 24.6 Å². The molecule has 2 atom stereocenters. The number of H-pyrrole nitrogens is 1. The Labute approximate surface area is 103 Å². The Morgan fingerprint density at radius 1 is 1.00 bits per heavy atom. The van der Waals surface area contributed by atoms with Gasteiger partial charge in [-0.3, -0.25) is 0 Å². The molecule has 2 unspecified atom stereocenters. The van der Waals surface area contributed by atoms with E-state index in [1.807, 2.05) is 30.6 Å². The molecule has 0 aliphatic rings. The maximum atomic E-state index is 8.72. The molecule has 0 radical (unpaired) electrons. The van der Waals surface area contributed by atoms with Crippen molar-refractivity contribution in [3.63, 3.8) is 0 Å². The van der Waals surface area contributed by atoms with Gasteiger partial charge in [0.05, 0.1) is 12.2 Å². The predicted molar refractivity (Wildman–Crippen MR) is 59.2 cm³/mol. The van der Waals surface area contributed by atoms with Crippen LogP contribution in [0.5, 0.6) is 0 Å². The minimum absolute atomic E-state index is 0. The second kappa shape index (κ2) is 12.4. The van der Waals surface area contributed by atoms with Gasteiger partial charge in [-0.05, 0) is 13.8 Å². The third-order valence-electron chi connectivity index (χ3n) is 1.49. The predicted octanol–water partition coefficient (Wildman–Crippen LogP) is -3.16. The van der Waals surface area contributed by atoms with Gasteiger partial charge in [0, 0.05) is 25.2 Å². The molecule has 1 rings (SSSR count). The summed E-state index contributed by atoms with van der Waals surface area (Å²) in [5, 5.41) is 20.3. The molecular weight excluding hydrogens is 228 g/mol. The summed E-state index contributed by atoms with van der Waals surface area (Å²) in [6, 6.07) is 5.86. The van der Waals surface area contributed by atoms with E-state index in [0.717, 1.165) is 0 Å². The molecule has 4 nitrogen and oxygen atoms in total. The summed E-state index contributed by atoms with van der Waals surface area (Å²) >= 11 is 0. The highest BCUT2D eigenvalue weighted by atomic mass is 35.5. The number of nitrogens with one attached hydrogen (secondary N) is 2. The molecule has 0 aliphatic heterocycles. The average Bonchev–Trinajstić information content (AvgIpc) is 2.20. The van der Waals surface area contributed by atoms with Crippen LogP contribution in [-0.2, 0) is 0 Å². The molecule has 1 aromatic rings. The van der Waals surface area contributed by atoms with Crippen LogP contribution in [0.2, 0.25) is 0 Å². The normalized spacial score (nSPS) is 12.8. The summed E-state index contributed by atoms with van der Waals surface area (Å²) in [4.78, 5) is 2.89. The number of aromatic nitrogens is 1. The van der Waals surface area contributed by atoms with Crippen molar-refractivity contribution in [1.82, 2.24) is 5.32 Å². The zero-order chi connectivity index (χ0) is 11.5. The van der Waals surface area contributed by atoms with E-state index in [2.05, 4.69) is 10.3 Å². The van der Waals surface area contributed by atoms with Crippen molar-refractivity contribution in [1.29, 1.82) is 0 Å². The number of aromatic amines is 1. The van der Waals surface area contributed by atoms with Gasteiger partial charge in [0.15, 0.2) is 12.4 Å². The third kappa shape index (κ3) is 15.8. The van der Waals surface area contributed by atoms with E-state index < -0.39 is 0 Å². The molecule has 5 heteroatoms. The number of aliphatic hydroxyl groups excluding tert-OH is 2. The van der Waals surface area contributed by atoms with E-state index in [1.54, 1.807) is 13.8 Å². The number of hydrogen-bond acceptors (Lipinski definition) is 3. The molecule has 0 bridgehead atoms. The molecule has 94 valence electrons. The standard InChI is InChI=1S/C6H15NO2.C5H5N.ClH/c1-5(8)3-7-4-6(2)9;1-2-4-6-5-3-1;/h5-9H,3-4H2,1-2H3;1-5H;1H. The third-order valence-corrected chi connectivity index (χ3v) is 1.49. The van der Waals surface area contributed by atoms with Crippen molar-refractivity contribution < 1.29 is 27.6 Å². The van der Waals surface area contributed by atoms with Crippen LogP contribution in [0.25, 0.3) is 0 Å². The fourth-order valence-electron chi connectivity index (χ4n) is 0.843. The molecule has 0 saturated heterocycles. The molecule has 0 aromatic carbocycles. The van der Waals surface area contributed by atoms with Crippen molar-refractivity contribution in [2.24, 2.45) is 0 Å². The van der Waals surface area contributed by atoms with Crippen LogP contribution in [0.3, 0.4) is 0 Å². The first-order chi connectivity index (χ1) is 7.13. The molecule has 0 amide bonds. The fourth-order valence-corrected chi connectivity index (χ4v) is 0.843. The van der Waals surface area contributed by atoms with E-state index in [9.17, 15) is 0 Å². The lowest BCUT2D eigenvalue weighted by Crippen LogP contribution is -3.00. The number of pyridine rings is 1. The van der Waals surface area contributed by atoms with Gasteiger partial charge in [0.25, 0.3) is 0 Å². The smallest absolute Gasteiger partial charge is 0.166 e. The van der Waals surface area contributed by atoms with Gasteiger partial charge in [-0.25, -0.2) is 4.98 Å². The van der Waals surface area contributed by atoms with Crippen molar-refractivity contribution >= 4 is 0 Å². The van der Waals surface area contributed by atoms with Crippen LogP contribution in [0.1, 0.15) is 13.8 Å². The first-order valence-corrected chi connectivity index (χ1v) is 5.11. The van der Waals surface area contributed by atoms with Gasteiger partial charge >= 0.3 is 0 Å². The zero-order valence-corrected chi connectivity index (χ0v) is 10.5. The number of aliphatic hydroxyl groups is 2. The highest BCUT2D eigenvalue weighted by Crippen LogP contribution is 1.77. The maximum absolute atomic E-state index is 8.72. The molecule has 0 saturated carbocycles. The lowest BCUT2D eigenvalue weighted by molar-refractivity contribution is -0.377. The average molecular weight is 249 g/mol. The second-order valence-corrected chi connectivity index (χ2v) is 3.43. The van der Waals surface area contributed by atoms with Gasteiger partial charge in [-0.15, -0.1) is 0 Å². The van der Waals surface area contributed by atoms with Crippen LogP contribution in [0.4, 0.5) is 0 Å². The minimum Gasteiger partial charge on any atom is -1.00 e. The quantitative estimate of drug-likeness (QED) is 0.527. The molecule has 16 heavy (non-hydrogen) atoms. The monoisotopic (exact) mass is 248 g/mol. The molecule has 0 aliphatic carbocycles. The van der Waals surface area contributed by atoms with E-state index in [0.29, 0.717) is 13.1 Å². The van der Waals surface area contributed by atoms with E-state index in [4.69, 9.17) is 10.2 Å². The molecule has 1 aromatic heterocycles. The fraction of sp³-hybridized carbons (Fsp3) is 0.545. The highest BCUT2D eigenvalue weighted by Gasteiger charge is 1.96. The van der Waals surface area contributed by atoms with Gasteiger partial charge in [0.2, 0.25) is 0 Å². The summed E-state index contributed by atoms with van der Waals surface area (Å²) < 4.78 is 0. The lowest BCUT2D eigenvalue weighted by Gasteiger charge is -2.07. The van der Waals surface area contributed by atoms with Crippen molar-refractivity contribution in [3.05, 3.63) is 30.6 Å². The topological polar surface area (TPSA) is 66.6 Å². The van der Waals surface area contributed by atoms with Gasteiger partial charge in [0.1, 0.15) is 0 Å². The first kappa shape index (κ1) is 17.7. The van der Waals surface area contributed by atoms with Crippen LogP contribution in [-0.4, -0.2) is 35.5 Å². The minimum atomic E-state index is -0.330. The molecule has 1 heterocycles. The van der Waals surface area contributed by atoms with Crippen molar-refractivity contribution in [2.75, 3.05) is 13.1 Å². The SMILES string of the molecule is CC(O)CNCC(C)O.[Cl-].c1cc[nH+]cc1. The summed E-state index contributed by atoms with van der Waals surface area (Å²) in [5.41, 5.74) is 0. The number of hydrogen-bond donors (Lipinski definition) is 3. The summed E-state index contributed by atoms with van der Waals surface area (Å²) in [6.45, 7) is 4.50. The summed E-state index contributed by atoms with van der Waals surface area (Å²) in [6.07, 6.45) is 3.09. The van der Waals surface area contributed by atoms with Crippen LogP contribution in [0, 0.1) is 0 Å². The second-order valence-electron chi connectivity index (χ2n) is 3.43. The van der Waals surface area contributed by atoms with Gasteiger partial charge < -0.3 is 27.9 Å². The Kier molecular flexibility index (Phi) is 13.7. The number of halogens is 1. The summed E-state index contributed by atoms with van der Waals surface area (Å²) in [7, 11) is 0. The van der Waals surface area contributed by atoms with E-state index >= 15 is 0 Å². The van der Waals surface area contributed by atoms with Crippen LogP contribution in [0.15, 0.2) is 30.6 Å². The Bertz CT molecular complexity index is 186. The molecule has 0 fully saturated rings. The van der Waals surface area contributed by atoms with Gasteiger partial charge in [-0.1, -0.05) is 6.07 Å². The molecule has 0 spiro atoms. The van der Waals surface area contributed by atoms with Crippen LogP contribution < -0.4 is 22.7 Å². The van der Waals surface area contributed by atoms with Crippen LogP contribution >= 0.6 is 0 Å². The highest BCUT2D eigenvalue weighted by molar-refractivity contribution is 4.82. The van der Waals surface area contributed by atoms with Crippen molar-refractivity contribution in [3.8, 4) is 0 Å². The Morgan fingerprint density at radius 2 is 1.44 bits per heavy atom. The molecular formula is C11H21ClN2O2. The Morgan fingerprint density at radius 3 is 1.62 bits per heavy atom. The van der Waals surface area contributed by atoms with E-state index in [1.165, 1.54) is 0 Å². The van der Waals surface area contributed by atoms with Crippen molar-refractivity contribution in [2.45, 2.75) is 26.1 Å². The Hall–Kier alpha value is -0.680. The zero-order valence-electron chi connectivity index (χ0n) is 9.73. The first-order valence-electron chi connectivity index (χ1n) is 5.11. The number of rotatable bonds is 4. The summed E-state index contributed by atoms with van der Waals surface area (Å²) in [5.74, 6) is 0.